The Balaban J connectivity index is 1.55. The van der Waals surface area contributed by atoms with Gasteiger partial charge in [-0.1, -0.05) is 23.7 Å². The fourth-order valence-corrected chi connectivity index (χ4v) is 3.33. The van der Waals surface area contributed by atoms with E-state index in [0.29, 0.717) is 34.9 Å². The summed E-state index contributed by atoms with van der Waals surface area (Å²) in [5.41, 5.74) is 7.36. The highest BCUT2D eigenvalue weighted by Gasteiger charge is 2.24. The zero-order chi connectivity index (χ0) is 18.5. The fourth-order valence-electron chi connectivity index (χ4n) is 3.07. The third-order valence-electron chi connectivity index (χ3n) is 4.42. The number of aliphatic imine (C=N–C) groups is 1. The Labute approximate surface area is 157 Å². The van der Waals surface area contributed by atoms with Crippen LogP contribution in [0.5, 0.6) is 5.75 Å². The SMILES string of the molecule is COc1ccc(NC(N)=NCC2CCN(c3ccccc3F)C2)cc1Cl. The molecule has 1 unspecified atom stereocenters. The fraction of sp³-hybridized carbons (Fsp3) is 0.316. The summed E-state index contributed by atoms with van der Waals surface area (Å²) in [4.78, 5) is 6.47. The van der Waals surface area contributed by atoms with Crippen LogP contribution in [0.25, 0.3) is 0 Å². The van der Waals surface area contributed by atoms with Crippen molar-refractivity contribution in [2.45, 2.75) is 6.42 Å². The maximum atomic E-state index is 13.9. The normalized spacial score (nSPS) is 17.4. The third-order valence-corrected chi connectivity index (χ3v) is 4.72. The lowest BCUT2D eigenvalue weighted by molar-refractivity contribution is 0.415. The summed E-state index contributed by atoms with van der Waals surface area (Å²) in [6.07, 6.45) is 0.958. The average Bonchev–Trinajstić information content (AvgIpc) is 3.09. The van der Waals surface area contributed by atoms with Gasteiger partial charge in [0.25, 0.3) is 0 Å². The molecule has 1 aliphatic heterocycles. The van der Waals surface area contributed by atoms with Crippen molar-refractivity contribution in [1.29, 1.82) is 0 Å². The van der Waals surface area contributed by atoms with Crippen LogP contribution in [-0.2, 0) is 0 Å². The molecule has 2 aromatic rings. The van der Waals surface area contributed by atoms with E-state index in [1.165, 1.54) is 6.07 Å². The van der Waals surface area contributed by atoms with Crippen molar-refractivity contribution in [3.63, 3.8) is 0 Å². The molecule has 0 aliphatic carbocycles. The highest BCUT2D eigenvalue weighted by molar-refractivity contribution is 6.32. The third kappa shape index (κ3) is 4.38. The van der Waals surface area contributed by atoms with E-state index in [0.717, 1.165) is 25.2 Å². The van der Waals surface area contributed by atoms with E-state index in [-0.39, 0.29) is 5.82 Å². The molecule has 0 aromatic heterocycles. The number of benzene rings is 2. The van der Waals surface area contributed by atoms with Crippen molar-refractivity contribution in [3.05, 3.63) is 53.3 Å². The Bertz CT molecular complexity index is 799. The van der Waals surface area contributed by atoms with E-state index in [2.05, 4.69) is 15.2 Å². The van der Waals surface area contributed by atoms with Gasteiger partial charge < -0.3 is 20.7 Å². The zero-order valence-corrected chi connectivity index (χ0v) is 15.3. The summed E-state index contributed by atoms with van der Waals surface area (Å²) >= 11 is 6.10. The van der Waals surface area contributed by atoms with Crippen LogP contribution in [0.15, 0.2) is 47.5 Å². The molecule has 0 spiro atoms. The molecule has 3 rings (SSSR count). The molecule has 7 heteroatoms. The van der Waals surface area contributed by atoms with Gasteiger partial charge in [-0.3, -0.25) is 4.99 Å². The Morgan fingerprint density at radius 3 is 2.92 bits per heavy atom. The summed E-state index contributed by atoms with van der Waals surface area (Å²) < 4.78 is 19.0. The van der Waals surface area contributed by atoms with Crippen LogP contribution in [0.4, 0.5) is 15.8 Å². The van der Waals surface area contributed by atoms with Crippen molar-refractivity contribution in [2.24, 2.45) is 16.6 Å². The van der Waals surface area contributed by atoms with E-state index in [1.807, 2.05) is 18.2 Å². The molecular formula is C19H22ClFN4O. The summed E-state index contributed by atoms with van der Waals surface area (Å²) in [6.45, 7) is 2.18. The Morgan fingerprint density at radius 2 is 2.19 bits per heavy atom. The maximum Gasteiger partial charge on any atom is 0.193 e. The molecule has 1 saturated heterocycles. The molecule has 1 atom stereocenters. The van der Waals surface area contributed by atoms with E-state index in [4.69, 9.17) is 22.1 Å². The van der Waals surface area contributed by atoms with E-state index in [1.54, 1.807) is 25.3 Å². The first-order valence-electron chi connectivity index (χ1n) is 8.47. The van der Waals surface area contributed by atoms with Gasteiger partial charge in [-0.05, 0) is 42.7 Å². The van der Waals surface area contributed by atoms with Crippen LogP contribution in [-0.4, -0.2) is 32.7 Å². The van der Waals surface area contributed by atoms with Crippen molar-refractivity contribution in [3.8, 4) is 5.75 Å². The summed E-state index contributed by atoms with van der Waals surface area (Å²) in [6, 6.07) is 12.2. The first-order valence-corrected chi connectivity index (χ1v) is 8.84. The standard InChI is InChI=1S/C19H22ClFN4O/c1-26-18-7-6-14(10-15(18)20)24-19(22)23-11-13-8-9-25(12-13)17-5-3-2-4-16(17)21/h2-7,10,13H,8-9,11-12H2,1H3,(H3,22,23,24). The highest BCUT2D eigenvalue weighted by Crippen LogP contribution is 2.28. The summed E-state index contributed by atoms with van der Waals surface area (Å²) in [5, 5.41) is 3.53. The highest BCUT2D eigenvalue weighted by atomic mass is 35.5. The number of guanidine groups is 1. The molecule has 0 amide bonds. The average molecular weight is 377 g/mol. The monoisotopic (exact) mass is 376 g/mol. The Kier molecular flexibility index (Phi) is 5.83. The van der Waals surface area contributed by atoms with Gasteiger partial charge in [0, 0.05) is 25.3 Å². The van der Waals surface area contributed by atoms with Gasteiger partial charge in [-0.25, -0.2) is 4.39 Å². The molecular weight excluding hydrogens is 355 g/mol. The minimum atomic E-state index is -0.186. The summed E-state index contributed by atoms with van der Waals surface area (Å²) in [5.74, 6) is 1.09. The molecule has 1 fully saturated rings. The first-order chi connectivity index (χ1) is 12.6. The van der Waals surface area contributed by atoms with Gasteiger partial charge in [-0.15, -0.1) is 0 Å². The number of hydrogen-bond acceptors (Lipinski definition) is 3. The van der Waals surface area contributed by atoms with Crippen LogP contribution >= 0.6 is 11.6 Å². The number of nitrogens with zero attached hydrogens (tertiary/aromatic N) is 2. The molecule has 138 valence electrons. The van der Waals surface area contributed by atoms with E-state index in [9.17, 15) is 4.39 Å². The number of para-hydroxylation sites is 1. The number of nitrogens with two attached hydrogens (primary N) is 1. The van der Waals surface area contributed by atoms with E-state index >= 15 is 0 Å². The number of methoxy groups -OCH3 is 1. The molecule has 26 heavy (non-hydrogen) atoms. The zero-order valence-electron chi connectivity index (χ0n) is 14.6. The largest absolute Gasteiger partial charge is 0.495 e. The number of nitrogens with one attached hydrogen (secondary N) is 1. The van der Waals surface area contributed by atoms with Crippen LogP contribution in [0, 0.1) is 11.7 Å². The van der Waals surface area contributed by atoms with Gasteiger partial charge in [0.1, 0.15) is 11.6 Å². The molecule has 1 heterocycles. The van der Waals surface area contributed by atoms with Crippen LogP contribution in [0.2, 0.25) is 5.02 Å². The van der Waals surface area contributed by atoms with Crippen molar-refractivity contribution < 1.29 is 9.13 Å². The summed E-state index contributed by atoms with van der Waals surface area (Å²) in [7, 11) is 1.57. The second-order valence-electron chi connectivity index (χ2n) is 6.25. The smallest absolute Gasteiger partial charge is 0.193 e. The lowest BCUT2D eigenvalue weighted by Gasteiger charge is -2.19. The minimum Gasteiger partial charge on any atom is -0.495 e. The maximum absolute atomic E-state index is 13.9. The van der Waals surface area contributed by atoms with Crippen LogP contribution in [0.1, 0.15) is 6.42 Å². The number of anilines is 2. The van der Waals surface area contributed by atoms with Gasteiger partial charge >= 0.3 is 0 Å². The second-order valence-corrected chi connectivity index (χ2v) is 6.66. The molecule has 0 radical (unpaired) electrons. The molecule has 2 aromatic carbocycles. The Hall–Kier alpha value is -2.47. The number of hydrogen-bond donors (Lipinski definition) is 2. The molecule has 5 nitrogen and oxygen atoms in total. The molecule has 1 aliphatic rings. The van der Waals surface area contributed by atoms with Crippen molar-refractivity contribution in [2.75, 3.05) is 37.0 Å². The number of rotatable bonds is 5. The van der Waals surface area contributed by atoms with Gasteiger partial charge in [0.15, 0.2) is 5.96 Å². The molecule has 0 bridgehead atoms. The Morgan fingerprint density at radius 1 is 1.38 bits per heavy atom. The quantitative estimate of drug-likeness (QED) is 0.616. The van der Waals surface area contributed by atoms with Crippen LogP contribution in [0.3, 0.4) is 0 Å². The lowest BCUT2D eigenvalue weighted by Crippen LogP contribution is -2.25. The lowest BCUT2D eigenvalue weighted by atomic mass is 10.1. The van der Waals surface area contributed by atoms with Crippen molar-refractivity contribution in [1.82, 2.24) is 0 Å². The van der Waals surface area contributed by atoms with Gasteiger partial charge in [0.05, 0.1) is 17.8 Å². The van der Waals surface area contributed by atoms with Gasteiger partial charge in [0.2, 0.25) is 0 Å². The predicted molar refractivity (Wildman–Crippen MR) is 105 cm³/mol. The van der Waals surface area contributed by atoms with E-state index < -0.39 is 0 Å². The first kappa shape index (κ1) is 18.3. The van der Waals surface area contributed by atoms with Crippen molar-refractivity contribution >= 4 is 28.9 Å². The van der Waals surface area contributed by atoms with Gasteiger partial charge in [-0.2, -0.15) is 0 Å². The van der Waals surface area contributed by atoms with Crippen LogP contribution < -0.4 is 20.7 Å². The number of ether oxygens (including phenoxy) is 1. The second kappa shape index (κ2) is 8.27. The molecule has 3 N–H and O–H groups in total. The molecule has 0 saturated carbocycles. The topological polar surface area (TPSA) is 62.9 Å². The predicted octanol–water partition coefficient (Wildman–Crippen LogP) is 3.74. The number of halogens is 2. The minimum absolute atomic E-state index is 0.186.